The molecule has 0 amide bonds. The molecule has 2 aromatic rings. The third kappa shape index (κ3) is 3.11. The van der Waals surface area contributed by atoms with Crippen molar-refractivity contribution in [2.24, 2.45) is 5.84 Å². The number of nitrogens with two attached hydrogens (primary N) is 1. The van der Waals surface area contributed by atoms with Crippen LogP contribution in [-0.4, -0.2) is 7.11 Å². The predicted molar refractivity (Wildman–Crippen MR) is 78.8 cm³/mol. The highest BCUT2D eigenvalue weighted by atomic mass is 79.9. The average Bonchev–Trinajstić information content (AvgIpc) is 2.90. The third-order valence-corrected chi connectivity index (χ3v) is 4.25. The number of hydrazine groups is 1. The number of hydrogen-bond acceptors (Lipinski definition) is 4. The molecule has 5 heteroatoms. The van der Waals surface area contributed by atoms with Gasteiger partial charge in [-0.15, -0.1) is 0 Å². The van der Waals surface area contributed by atoms with Crippen LogP contribution in [0.1, 0.15) is 17.2 Å². The summed E-state index contributed by atoms with van der Waals surface area (Å²) in [6.07, 6.45) is 0.853. The Morgan fingerprint density at radius 2 is 2.28 bits per heavy atom. The van der Waals surface area contributed by atoms with Crippen molar-refractivity contribution in [1.29, 1.82) is 0 Å². The minimum absolute atomic E-state index is 0.0593. The molecule has 0 aliphatic rings. The normalized spacial score (nSPS) is 12.4. The molecule has 0 aliphatic carbocycles. The summed E-state index contributed by atoms with van der Waals surface area (Å²) in [6.45, 7) is 0. The monoisotopic (exact) mass is 326 g/mol. The second kappa shape index (κ2) is 6.33. The molecule has 1 aromatic carbocycles. The smallest absolute Gasteiger partial charge is 0.119 e. The Morgan fingerprint density at radius 1 is 1.44 bits per heavy atom. The van der Waals surface area contributed by atoms with Crippen molar-refractivity contribution in [3.05, 3.63) is 50.6 Å². The first kappa shape index (κ1) is 13.5. The molecule has 3 N–H and O–H groups in total. The van der Waals surface area contributed by atoms with E-state index in [9.17, 15) is 0 Å². The lowest BCUT2D eigenvalue weighted by atomic mass is 10.0. The molecule has 0 spiro atoms. The van der Waals surface area contributed by atoms with E-state index in [-0.39, 0.29) is 6.04 Å². The number of ether oxygens (including phenoxy) is 1. The molecule has 0 radical (unpaired) electrons. The van der Waals surface area contributed by atoms with Crippen LogP contribution in [0.25, 0.3) is 0 Å². The minimum atomic E-state index is 0.0593. The van der Waals surface area contributed by atoms with Crippen LogP contribution in [0.5, 0.6) is 5.75 Å². The Kier molecular flexibility index (Phi) is 4.77. The molecule has 1 heterocycles. The molecule has 0 saturated carbocycles. The second-order valence-electron chi connectivity index (χ2n) is 3.94. The highest BCUT2D eigenvalue weighted by molar-refractivity contribution is 9.10. The van der Waals surface area contributed by atoms with Gasteiger partial charge >= 0.3 is 0 Å². The summed E-state index contributed by atoms with van der Waals surface area (Å²) < 4.78 is 6.28. The fraction of sp³-hybridized carbons (Fsp3) is 0.231. The van der Waals surface area contributed by atoms with E-state index in [0.29, 0.717) is 0 Å². The van der Waals surface area contributed by atoms with Gasteiger partial charge in [-0.3, -0.25) is 11.3 Å². The number of rotatable bonds is 5. The van der Waals surface area contributed by atoms with E-state index in [0.717, 1.165) is 22.2 Å². The average molecular weight is 327 g/mol. The van der Waals surface area contributed by atoms with Crippen molar-refractivity contribution in [2.75, 3.05) is 7.11 Å². The zero-order valence-electron chi connectivity index (χ0n) is 10.0. The maximum atomic E-state index is 5.67. The van der Waals surface area contributed by atoms with Crippen LogP contribution in [-0.2, 0) is 6.42 Å². The van der Waals surface area contributed by atoms with E-state index in [1.165, 1.54) is 5.56 Å². The number of thiophene rings is 1. The van der Waals surface area contributed by atoms with Crippen molar-refractivity contribution < 1.29 is 4.74 Å². The van der Waals surface area contributed by atoms with E-state index < -0.39 is 0 Å². The summed E-state index contributed by atoms with van der Waals surface area (Å²) in [5, 5.41) is 4.21. The van der Waals surface area contributed by atoms with Gasteiger partial charge in [0.25, 0.3) is 0 Å². The first-order valence-electron chi connectivity index (χ1n) is 5.55. The number of halogens is 1. The standard InChI is InChI=1S/C13H15BrN2OS/c1-17-10-2-3-12(14)11(7-10)13(16-15)6-9-4-5-18-8-9/h2-5,7-8,13,16H,6,15H2,1H3. The van der Waals surface area contributed by atoms with E-state index in [2.05, 4.69) is 38.2 Å². The molecule has 2 rings (SSSR count). The van der Waals surface area contributed by atoms with E-state index in [1.54, 1.807) is 18.4 Å². The van der Waals surface area contributed by atoms with Gasteiger partial charge in [0.1, 0.15) is 5.75 Å². The molecule has 0 saturated heterocycles. The summed E-state index contributed by atoms with van der Waals surface area (Å²) in [7, 11) is 1.66. The number of benzene rings is 1. The van der Waals surface area contributed by atoms with Gasteiger partial charge in [-0.1, -0.05) is 15.9 Å². The molecule has 1 atom stereocenters. The molecule has 0 fully saturated rings. The number of hydrogen-bond donors (Lipinski definition) is 2. The highest BCUT2D eigenvalue weighted by Crippen LogP contribution is 2.29. The van der Waals surface area contributed by atoms with Gasteiger partial charge in [0.05, 0.1) is 13.2 Å². The molecule has 1 unspecified atom stereocenters. The Balaban J connectivity index is 2.26. The summed E-state index contributed by atoms with van der Waals surface area (Å²) in [6, 6.07) is 8.08. The molecule has 96 valence electrons. The van der Waals surface area contributed by atoms with Crippen LogP contribution in [0, 0.1) is 0 Å². The largest absolute Gasteiger partial charge is 0.497 e. The maximum Gasteiger partial charge on any atom is 0.119 e. The molecule has 1 aromatic heterocycles. The lowest BCUT2D eigenvalue weighted by Gasteiger charge is -2.18. The van der Waals surface area contributed by atoms with Gasteiger partial charge in [-0.2, -0.15) is 11.3 Å². The fourth-order valence-corrected chi connectivity index (χ4v) is 3.02. The van der Waals surface area contributed by atoms with E-state index >= 15 is 0 Å². The molecule has 3 nitrogen and oxygen atoms in total. The van der Waals surface area contributed by atoms with Crippen LogP contribution in [0.3, 0.4) is 0 Å². The highest BCUT2D eigenvalue weighted by Gasteiger charge is 2.15. The van der Waals surface area contributed by atoms with Gasteiger partial charge in [-0.25, -0.2) is 0 Å². The fourth-order valence-electron chi connectivity index (χ4n) is 1.82. The van der Waals surface area contributed by atoms with E-state index in [1.807, 2.05) is 18.2 Å². The zero-order chi connectivity index (χ0) is 13.0. The Hall–Kier alpha value is -0.880. The summed E-state index contributed by atoms with van der Waals surface area (Å²) in [5.74, 6) is 6.51. The van der Waals surface area contributed by atoms with Crippen LogP contribution in [0.2, 0.25) is 0 Å². The predicted octanol–water partition coefficient (Wildman–Crippen LogP) is 3.27. The Bertz CT molecular complexity index is 502. The van der Waals surface area contributed by atoms with Crippen molar-refractivity contribution >= 4 is 27.3 Å². The van der Waals surface area contributed by atoms with Crippen LogP contribution >= 0.6 is 27.3 Å². The van der Waals surface area contributed by atoms with Crippen LogP contribution < -0.4 is 16.0 Å². The summed E-state index contributed by atoms with van der Waals surface area (Å²) >= 11 is 5.25. The molecular formula is C13H15BrN2OS. The lowest BCUT2D eigenvalue weighted by Crippen LogP contribution is -2.29. The molecular weight excluding hydrogens is 312 g/mol. The summed E-state index contributed by atoms with van der Waals surface area (Å²) in [5.41, 5.74) is 5.24. The minimum Gasteiger partial charge on any atom is -0.497 e. The Morgan fingerprint density at radius 3 is 2.89 bits per heavy atom. The first-order chi connectivity index (χ1) is 8.74. The van der Waals surface area contributed by atoms with Gasteiger partial charge in [0, 0.05) is 4.47 Å². The first-order valence-corrected chi connectivity index (χ1v) is 7.29. The number of nitrogens with one attached hydrogen (secondary N) is 1. The van der Waals surface area contributed by atoms with E-state index in [4.69, 9.17) is 10.6 Å². The van der Waals surface area contributed by atoms with Gasteiger partial charge in [-0.05, 0) is 52.6 Å². The van der Waals surface area contributed by atoms with Crippen LogP contribution in [0.4, 0.5) is 0 Å². The van der Waals surface area contributed by atoms with Crippen molar-refractivity contribution in [2.45, 2.75) is 12.5 Å². The molecule has 18 heavy (non-hydrogen) atoms. The quantitative estimate of drug-likeness (QED) is 0.654. The lowest BCUT2D eigenvalue weighted by molar-refractivity contribution is 0.412. The Labute approximate surface area is 119 Å². The van der Waals surface area contributed by atoms with Gasteiger partial charge < -0.3 is 4.74 Å². The van der Waals surface area contributed by atoms with Crippen LogP contribution in [0.15, 0.2) is 39.5 Å². The number of methoxy groups -OCH3 is 1. The molecule has 0 aliphatic heterocycles. The van der Waals surface area contributed by atoms with Crippen molar-refractivity contribution in [3.63, 3.8) is 0 Å². The second-order valence-corrected chi connectivity index (χ2v) is 5.58. The third-order valence-electron chi connectivity index (χ3n) is 2.80. The maximum absolute atomic E-state index is 5.67. The SMILES string of the molecule is COc1ccc(Br)c(C(Cc2ccsc2)NN)c1. The molecule has 0 bridgehead atoms. The summed E-state index contributed by atoms with van der Waals surface area (Å²) in [4.78, 5) is 0. The van der Waals surface area contributed by atoms with Gasteiger partial charge in [0.15, 0.2) is 0 Å². The van der Waals surface area contributed by atoms with Crippen molar-refractivity contribution in [3.8, 4) is 5.75 Å². The van der Waals surface area contributed by atoms with Crippen molar-refractivity contribution in [1.82, 2.24) is 5.43 Å². The topological polar surface area (TPSA) is 47.3 Å². The zero-order valence-corrected chi connectivity index (χ0v) is 12.4. The van der Waals surface area contributed by atoms with Gasteiger partial charge in [0.2, 0.25) is 0 Å².